The number of furan rings is 2. The summed E-state index contributed by atoms with van der Waals surface area (Å²) in [7, 11) is 1.57. The summed E-state index contributed by atoms with van der Waals surface area (Å²) >= 11 is 3.45. The van der Waals surface area contributed by atoms with Gasteiger partial charge >= 0.3 is 0 Å². The Hall–Kier alpha value is -3.25. The summed E-state index contributed by atoms with van der Waals surface area (Å²) in [6.45, 7) is 1.87. The number of aryl methyl sites for hydroxylation is 1. The molecule has 2 aromatic heterocycles. The number of para-hydroxylation sites is 1. The summed E-state index contributed by atoms with van der Waals surface area (Å²) < 4.78 is 18.2. The van der Waals surface area contributed by atoms with Crippen molar-refractivity contribution < 1.29 is 18.4 Å². The molecule has 0 unspecified atom stereocenters. The first-order chi connectivity index (χ1) is 14.0. The maximum absolute atomic E-state index is 13.0. The Bertz CT molecular complexity index is 1410. The van der Waals surface area contributed by atoms with Crippen LogP contribution in [0, 0.1) is 6.92 Å². The molecule has 5 rings (SSSR count). The standard InChI is InChI=1S/C23H16BrNO4/c1-12-15-9-13(24)7-8-19(15)29-22(12)23(26)25-17-11-20-16(10-21(17)27-2)14-5-3-4-6-18(14)28-20/h3-11H,1-2H3,(H,25,26). The summed E-state index contributed by atoms with van der Waals surface area (Å²) in [5, 5.41) is 5.72. The van der Waals surface area contributed by atoms with E-state index in [1.54, 1.807) is 13.2 Å². The SMILES string of the molecule is COc1cc2c(cc1NC(=O)c1oc3ccc(Br)cc3c1C)oc1ccccc12. The fourth-order valence-corrected chi connectivity index (χ4v) is 3.97. The average Bonchev–Trinajstić information content (AvgIpc) is 3.24. The highest BCUT2D eigenvalue weighted by Gasteiger charge is 2.20. The lowest BCUT2D eigenvalue weighted by atomic mass is 10.1. The van der Waals surface area contributed by atoms with E-state index >= 15 is 0 Å². The molecule has 6 heteroatoms. The van der Waals surface area contributed by atoms with Gasteiger partial charge in [0.1, 0.15) is 22.5 Å². The number of ether oxygens (including phenoxy) is 1. The van der Waals surface area contributed by atoms with Gasteiger partial charge in [-0.1, -0.05) is 34.1 Å². The average molecular weight is 450 g/mol. The second kappa shape index (κ2) is 6.67. The number of carbonyl (C=O) groups is 1. The Labute approximate surface area is 174 Å². The zero-order valence-corrected chi connectivity index (χ0v) is 17.3. The predicted octanol–water partition coefficient (Wildman–Crippen LogP) is 6.66. The molecule has 0 bridgehead atoms. The topological polar surface area (TPSA) is 64.6 Å². The van der Waals surface area contributed by atoms with Gasteiger partial charge in [-0.3, -0.25) is 4.79 Å². The highest BCUT2D eigenvalue weighted by Crippen LogP contribution is 2.37. The molecule has 5 aromatic rings. The molecule has 0 atom stereocenters. The van der Waals surface area contributed by atoms with Crippen LogP contribution in [0.2, 0.25) is 0 Å². The third kappa shape index (κ3) is 2.87. The molecule has 1 amide bonds. The van der Waals surface area contributed by atoms with Gasteiger partial charge in [-0.05, 0) is 37.3 Å². The van der Waals surface area contributed by atoms with Gasteiger partial charge in [0, 0.05) is 32.3 Å². The number of carbonyl (C=O) groups excluding carboxylic acids is 1. The van der Waals surface area contributed by atoms with Crippen LogP contribution in [-0.4, -0.2) is 13.0 Å². The van der Waals surface area contributed by atoms with E-state index in [0.29, 0.717) is 22.6 Å². The van der Waals surface area contributed by atoms with Crippen LogP contribution in [0.4, 0.5) is 5.69 Å². The summed E-state index contributed by atoms with van der Waals surface area (Å²) in [6.07, 6.45) is 0. The Morgan fingerprint density at radius 3 is 2.55 bits per heavy atom. The molecule has 29 heavy (non-hydrogen) atoms. The van der Waals surface area contributed by atoms with E-state index in [2.05, 4.69) is 21.2 Å². The number of nitrogens with one attached hydrogen (secondary N) is 1. The van der Waals surface area contributed by atoms with Crippen LogP contribution >= 0.6 is 15.9 Å². The van der Waals surface area contributed by atoms with Crippen molar-refractivity contribution in [2.45, 2.75) is 6.92 Å². The number of anilines is 1. The van der Waals surface area contributed by atoms with Crippen LogP contribution in [0.1, 0.15) is 16.1 Å². The molecule has 0 saturated carbocycles. The van der Waals surface area contributed by atoms with Crippen LogP contribution in [0.15, 0.2) is 67.9 Å². The van der Waals surface area contributed by atoms with E-state index in [4.69, 9.17) is 13.6 Å². The minimum Gasteiger partial charge on any atom is -0.495 e. The van der Waals surface area contributed by atoms with Crippen molar-refractivity contribution in [2.75, 3.05) is 12.4 Å². The van der Waals surface area contributed by atoms with Gasteiger partial charge < -0.3 is 18.9 Å². The second-order valence-corrected chi connectivity index (χ2v) is 7.71. The number of hydrogen-bond acceptors (Lipinski definition) is 4. The minimum absolute atomic E-state index is 0.268. The molecule has 1 N–H and O–H groups in total. The van der Waals surface area contributed by atoms with Crippen molar-refractivity contribution in [1.82, 2.24) is 0 Å². The maximum atomic E-state index is 13.0. The molecule has 2 heterocycles. The second-order valence-electron chi connectivity index (χ2n) is 6.80. The largest absolute Gasteiger partial charge is 0.495 e. The molecule has 0 fully saturated rings. The zero-order chi connectivity index (χ0) is 20.1. The summed E-state index contributed by atoms with van der Waals surface area (Å²) in [4.78, 5) is 13.0. The third-order valence-electron chi connectivity index (χ3n) is 5.05. The summed E-state index contributed by atoms with van der Waals surface area (Å²) in [6, 6.07) is 17.1. The van der Waals surface area contributed by atoms with Gasteiger partial charge in [-0.25, -0.2) is 0 Å². The normalized spacial score (nSPS) is 11.4. The van der Waals surface area contributed by atoms with Crippen molar-refractivity contribution in [2.24, 2.45) is 0 Å². The molecule has 0 spiro atoms. The van der Waals surface area contributed by atoms with E-state index in [-0.39, 0.29) is 11.7 Å². The van der Waals surface area contributed by atoms with Crippen molar-refractivity contribution in [3.05, 3.63) is 70.4 Å². The number of amides is 1. The molecule has 0 aliphatic carbocycles. The maximum Gasteiger partial charge on any atom is 0.291 e. The van der Waals surface area contributed by atoms with Crippen LogP contribution in [0.25, 0.3) is 32.9 Å². The molecule has 5 nitrogen and oxygen atoms in total. The van der Waals surface area contributed by atoms with Crippen LogP contribution < -0.4 is 10.1 Å². The molecule has 0 aliphatic heterocycles. The number of halogens is 1. The van der Waals surface area contributed by atoms with Gasteiger partial charge in [-0.15, -0.1) is 0 Å². The highest BCUT2D eigenvalue weighted by atomic mass is 79.9. The number of methoxy groups -OCH3 is 1. The first-order valence-electron chi connectivity index (χ1n) is 9.04. The monoisotopic (exact) mass is 449 g/mol. The Balaban J connectivity index is 1.58. The number of hydrogen-bond donors (Lipinski definition) is 1. The molecular weight excluding hydrogens is 434 g/mol. The smallest absolute Gasteiger partial charge is 0.291 e. The molecule has 3 aromatic carbocycles. The quantitative estimate of drug-likeness (QED) is 0.334. The zero-order valence-electron chi connectivity index (χ0n) is 15.7. The Morgan fingerprint density at radius 2 is 1.72 bits per heavy atom. The van der Waals surface area contributed by atoms with E-state index in [1.165, 1.54) is 0 Å². The highest BCUT2D eigenvalue weighted by molar-refractivity contribution is 9.10. The molecule has 0 radical (unpaired) electrons. The van der Waals surface area contributed by atoms with E-state index in [9.17, 15) is 4.79 Å². The predicted molar refractivity (Wildman–Crippen MR) is 117 cm³/mol. The lowest BCUT2D eigenvalue weighted by molar-refractivity contribution is 0.0997. The lowest BCUT2D eigenvalue weighted by Crippen LogP contribution is -2.12. The fourth-order valence-electron chi connectivity index (χ4n) is 3.61. The minimum atomic E-state index is -0.344. The van der Waals surface area contributed by atoms with Crippen LogP contribution in [0.3, 0.4) is 0 Å². The van der Waals surface area contributed by atoms with Crippen molar-refractivity contribution in [3.8, 4) is 5.75 Å². The van der Waals surface area contributed by atoms with Gasteiger partial charge in [0.05, 0.1) is 12.8 Å². The van der Waals surface area contributed by atoms with Gasteiger partial charge in [0.2, 0.25) is 0 Å². The lowest BCUT2D eigenvalue weighted by Gasteiger charge is -2.09. The Kier molecular flexibility index (Phi) is 4.10. The molecular formula is C23H16BrNO4. The summed E-state index contributed by atoms with van der Waals surface area (Å²) in [5.41, 5.74) is 3.42. The number of rotatable bonds is 3. The fraction of sp³-hybridized carbons (Fsp3) is 0.0870. The van der Waals surface area contributed by atoms with Crippen molar-refractivity contribution >= 4 is 60.4 Å². The molecule has 144 valence electrons. The van der Waals surface area contributed by atoms with E-state index in [0.717, 1.165) is 31.8 Å². The van der Waals surface area contributed by atoms with Crippen molar-refractivity contribution in [3.63, 3.8) is 0 Å². The first-order valence-corrected chi connectivity index (χ1v) is 9.84. The number of fused-ring (bicyclic) bond motifs is 4. The van der Waals surface area contributed by atoms with E-state index < -0.39 is 0 Å². The van der Waals surface area contributed by atoms with Gasteiger partial charge in [0.15, 0.2) is 5.76 Å². The van der Waals surface area contributed by atoms with E-state index in [1.807, 2.05) is 55.5 Å². The Morgan fingerprint density at radius 1 is 0.931 bits per heavy atom. The van der Waals surface area contributed by atoms with Crippen molar-refractivity contribution in [1.29, 1.82) is 0 Å². The molecule has 0 saturated heterocycles. The summed E-state index contributed by atoms with van der Waals surface area (Å²) in [5.74, 6) is 0.474. The first kappa shape index (κ1) is 17.8. The van der Waals surface area contributed by atoms with Crippen LogP contribution in [-0.2, 0) is 0 Å². The van der Waals surface area contributed by atoms with Crippen LogP contribution in [0.5, 0.6) is 5.75 Å². The molecule has 0 aliphatic rings. The van der Waals surface area contributed by atoms with Gasteiger partial charge in [0.25, 0.3) is 5.91 Å². The third-order valence-corrected chi connectivity index (χ3v) is 5.54. The number of benzene rings is 3. The van der Waals surface area contributed by atoms with Gasteiger partial charge in [-0.2, -0.15) is 0 Å².